The van der Waals surface area contributed by atoms with Crippen LogP contribution in [0, 0.1) is 0 Å². The molecule has 18 heavy (non-hydrogen) atoms. The number of hydrogen-bond donors (Lipinski definition) is 2. The Labute approximate surface area is 109 Å². The molecule has 104 valence electrons. The molecular formula is C13H24N2O3. The summed E-state index contributed by atoms with van der Waals surface area (Å²) in [6.45, 7) is 4.29. The molecular weight excluding hydrogens is 232 g/mol. The molecule has 1 aliphatic heterocycles. The molecule has 1 heterocycles. The first-order valence-corrected chi connectivity index (χ1v) is 6.89. The second kappa shape index (κ2) is 8.91. The first-order valence-electron chi connectivity index (χ1n) is 6.89. The number of carbonyl (C=O) groups is 2. The number of rotatable bonds is 9. The third kappa shape index (κ3) is 7.27. The van der Waals surface area contributed by atoms with Gasteiger partial charge in [0.25, 0.3) is 0 Å². The zero-order chi connectivity index (χ0) is 13.2. The molecule has 0 aromatic rings. The zero-order valence-electron chi connectivity index (χ0n) is 11.0. The number of nitrogens with zero attached hydrogens (tertiary/aromatic N) is 1. The van der Waals surface area contributed by atoms with Crippen molar-refractivity contribution in [3.8, 4) is 0 Å². The average molecular weight is 256 g/mol. The van der Waals surface area contributed by atoms with Crippen LogP contribution in [0.15, 0.2) is 0 Å². The fourth-order valence-corrected chi connectivity index (χ4v) is 2.18. The number of amides is 1. The van der Waals surface area contributed by atoms with Crippen molar-refractivity contribution in [1.82, 2.24) is 10.2 Å². The van der Waals surface area contributed by atoms with Crippen LogP contribution >= 0.6 is 0 Å². The van der Waals surface area contributed by atoms with Gasteiger partial charge in [-0.2, -0.15) is 0 Å². The standard InChI is InChI=1S/C13H24N2O3/c16-12(6-5-7-13(17)18)14-8-1-2-9-15-10-3-4-11-15/h1-11H2,(H,14,16)(H,17,18). The van der Waals surface area contributed by atoms with E-state index in [4.69, 9.17) is 5.11 Å². The average Bonchev–Trinajstić information content (AvgIpc) is 2.81. The Morgan fingerprint density at radius 2 is 1.78 bits per heavy atom. The van der Waals surface area contributed by atoms with E-state index in [9.17, 15) is 9.59 Å². The summed E-state index contributed by atoms with van der Waals surface area (Å²) in [5.74, 6) is -0.870. The first kappa shape index (κ1) is 15.0. The summed E-state index contributed by atoms with van der Waals surface area (Å²) in [5, 5.41) is 11.3. The Morgan fingerprint density at radius 3 is 2.44 bits per heavy atom. The molecule has 0 aromatic carbocycles. The lowest BCUT2D eigenvalue weighted by Crippen LogP contribution is -2.26. The van der Waals surface area contributed by atoms with Gasteiger partial charge >= 0.3 is 5.97 Å². The van der Waals surface area contributed by atoms with Gasteiger partial charge in [-0.15, -0.1) is 0 Å². The lowest BCUT2D eigenvalue weighted by molar-refractivity contribution is -0.137. The Bertz CT molecular complexity index is 263. The van der Waals surface area contributed by atoms with E-state index in [0.717, 1.165) is 19.4 Å². The molecule has 0 unspecified atom stereocenters. The second-order valence-corrected chi connectivity index (χ2v) is 4.85. The van der Waals surface area contributed by atoms with Crippen molar-refractivity contribution in [2.75, 3.05) is 26.2 Å². The van der Waals surface area contributed by atoms with Crippen LogP contribution in [0.2, 0.25) is 0 Å². The van der Waals surface area contributed by atoms with E-state index in [1.54, 1.807) is 0 Å². The fraction of sp³-hybridized carbons (Fsp3) is 0.846. The number of carboxylic acids is 1. The van der Waals surface area contributed by atoms with Crippen LogP contribution in [0.1, 0.15) is 44.9 Å². The van der Waals surface area contributed by atoms with Gasteiger partial charge in [0.05, 0.1) is 0 Å². The maximum absolute atomic E-state index is 11.3. The van der Waals surface area contributed by atoms with Gasteiger partial charge in [0, 0.05) is 19.4 Å². The molecule has 5 heteroatoms. The minimum Gasteiger partial charge on any atom is -0.481 e. The second-order valence-electron chi connectivity index (χ2n) is 4.85. The molecule has 1 saturated heterocycles. The summed E-state index contributed by atoms with van der Waals surface area (Å²) in [6.07, 6.45) is 5.58. The van der Waals surface area contributed by atoms with E-state index in [1.807, 2.05) is 0 Å². The maximum atomic E-state index is 11.3. The van der Waals surface area contributed by atoms with Crippen molar-refractivity contribution in [1.29, 1.82) is 0 Å². The smallest absolute Gasteiger partial charge is 0.303 e. The van der Waals surface area contributed by atoms with Crippen LogP contribution in [-0.2, 0) is 9.59 Å². The third-order valence-corrected chi connectivity index (χ3v) is 3.22. The van der Waals surface area contributed by atoms with Crippen LogP contribution in [0.5, 0.6) is 0 Å². The summed E-state index contributed by atoms with van der Waals surface area (Å²) >= 11 is 0. The molecule has 0 bridgehead atoms. The minimum absolute atomic E-state index is 0.0302. The van der Waals surface area contributed by atoms with Crippen molar-refractivity contribution in [2.24, 2.45) is 0 Å². The quantitative estimate of drug-likeness (QED) is 0.609. The molecule has 1 amide bonds. The van der Waals surface area contributed by atoms with Crippen LogP contribution in [0.3, 0.4) is 0 Å². The van der Waals surface area contributed by atoms with Crippen LogP contribution in [-0.4, -0.2) is 48.1 Å². The highest BCUT2D eigenvalue weighted by atomic mass is 16.4. The highest BCUT2D eigenvalue weighted by Gasteiger charge is 2.10. The highest BCUT2D eigenvalue weighted by molar-refractivity contribution is 5.76. The van der Waals surface area contributed by atoms with Gasteiger partial charge in [-0.25, -0.2) is 0 Å². The van der Waals surface area contributed by atoms with Gasteiger partial charge in [-0.3, -0.25) is 9.59 Å². The van der Waals surface area contributed by atoms with E-state index < -0.39 is 5.97 Å². The number of unbranched alkanes of at least 4 members (excludes halogenated alkanes) is 1. The Hall–Kier alpha value is -1.10. The molecule has 0 saturated carbocycles. The van der Waals surface area contributed by atoms with Gasteiger partial charge in [0.15, 0.2) is 0 Å². The number of carbonyl (C=O) groups excluding carboxylic acids is 1. The number of aliphatic carboxylic acids is 1. The molecule has 1 fully saturated rings. The van der Waals surface area contributed by atoms with E-state index in [2.05, 4.69) is 10.2 Å². The first-order chi connectivity index (χ1) is 8.68. The van der Waals surface area contributed by atoms with Gasteiger partial charge < -0.3 is 15.3 Å². The minimum atomic E-state index is -0.839. The summed E-state index contributed by atoms with van der Waals surface area (Å²) < 4.78 is 0. The Kier molecular flexibility index (Phi) is 7.41. The van der Waals surface area contributed by atoms with Crippen molar-refractivity contribution < 1.29 is 14.7 Å². The number of nitrogens with one attached hydrogen (secondary N) is 1. The number of carboxylic acid groups (broad SMARTS) is 1. The SMILES string of the molecule is O=C(O)CCCC(=O)NCCCCN1CCCC1. The third-order valence-electron chi connectivity index (χ3n) is 3.22. The number of likely N-dealkylation sites (tertiary alicyclic amines) is 1. The monoisotopic (exact) mass is 256 g/mol. The molecule has 0 atom stereocenters. The molecule has 1 aliphatic rings. The van der Waals surface area contributed by atoms with Crippen LogP contribution in [0.25, 0.3) is 0 Å². The largest absolute Gasteiger partial charge is 0.481 e. The van der Waals surface area contributed by atoms with Crippen molar-refractivity contribution in [2.45, 2.75) is 44.9 Å². The van der Waals surface area contributed by atoms with Gasteiger partial charge in [-0.1, -0.05) is 0 Å². The topological polar surface area (TPSA) is 69.6 Å². The summed E-state index contributed by atoms with van der Waals surface area (Å²) in [7, 11) is 0. The normalized spacial score (nSPS) is 15.8. The lowest BCUT2D eigenvalue weighted by Gasteiger charge is -2.13. The maximum Gasteiger partial charge on any atom is 0.303 e. The van der Waals surface area contributed by atoms with E-state index >= 15 is 0 Å². The zero-order valence-corrected chi connectivity index (χ0v) is 11.0. The Morgan fingerprint density at radius 1 is 1.06 bits per heavy atom. The van der Waals surface area contributed by atoms with E-state index in [0.29, 0.717) is 19.4 Å². The highest BCUT2D eigenvalue weighted by Crippen LogP contribution is 2.07. The molecule has 0 aliphatic carbocycles. The predicted molar refractivity (Wildman–Crippen MR) is 69.4 cm³/mol. The summed E-state index contributed by atoms with van der Waals surface area (Å²) in [5.41, 5.74) is 0. The predicted octanol–water partition coefficient (Wildman–Crippen LogP) is 1.23. The van der Waals surface area contributed by atoms with Crippen LogP contribution < -0.4 is 5.32 Å². The van der Waals surface area contributed by atoms with Crippen molar-refractivity contribution >= 4 is 11.9 Å². The molecule has 2 N–H and O–H groups in total. The molecule has 0 aromatic heterocycles. The van der Waals surface area contributed by atoms with Crippen molar-refractivity contribution in [3.05, 3.63) is 0 Å². The summed E-state index contributed by atoms with van der Waals surface area (Å²) in [4.78, 5) is 24.1. The molecule has 5 nitrogen and oxygen atoms in total. The molecule has 1 rings (SSSR count). The molecule has 0 spiro atoms. The van der Waals surface area contributed by atoms with Gasteiger partial charge in [-0.05, 0) is 51.7 Å². The van der Waals surface area contributed by atoms with E-state index in [-0.39, 0.29) is 12.3 Å². The fourth-order valence-electron chi connectivity index (χ4n) is 2.18. The molecule has 0 radical (unpaired) electrons. The van der Waals surface area contributed by atoms with E-state index in [1.165, 1.54) is 25.9 Å². The lowest BCUT2D eigenvalue weighted by atomic mass is 10.2. The van der Waals surface area contributed by atoms with Crippen molar-refractivity contribution in [3.63, 3.8) is 0 Å². The summed E-state index contributed by atoms with van der Waals surface area (Å²) in [6, 6.07) is 0. The van der Waals surface area contributed by atoms with Crippen LogP contribution in [0.4, 0.5) is 0 Å². The number of hydrogen-bond acceptors (Lipinski definition) is 3. The van der Waals surface area contributed by atoms with Gasteiger partial charge in [0.2, 0.25) is 5.91 Å². The Balaban J connectivity index is 1.87. The van der Waals surface area contributed by atoms with Gasteiger partial charge in [0.1, 0.15) is 0 Å².